The summed E-state index contributed by atoms with van der Waals surface area (Å²) in [5.74, 6) is 0.460. The maximum absolute atomic E-state index is 4.23. The van der Waals surface area contributed by atoms with E-state index in [1.165, 1.54) is 6.34 Å². The standard InChI is InChI=1S/C10H7N6/c1-2-4-11-9(3-1)8-5-14-16(6-8)10-12-7-13-15-10/h1-7H. The Morgan fingerprint density at radius 2 is 2.19 bits per heavy atom. The van der Waals surface area contributed by atoms with Gasteiger partial charge in [-0.05, 0) is 12.1 Å². The molecule has 3 rings (SSSR count). The topological polar surface area (TPSA) is 69.5 Å². The molecule has 0 N–H and O–H groups in total. The molecule has 0 spiro atoms. The SMILES string of the molecule is C1=NC(n2cc(-c3ccccn3)cn2)=N[N]1. The third-order valence-electron chi connectivity index (χ3n) is 2.12. The van der Waals surface area contributed by atoms with Gasteiger partial charge in [0, 0.05) is 18.0 Å². The largest absolute Gasteiger partial charge is 0.271 e. The molecule has 3 heterocycles. The molecule has 0 saturated heterocycles. The molecule has 0 unspecified atom stereocenters. The molecule has 0 saturated carbocycles. The van der Waals surface area contributed by atoms with Crippen molar-refractivity contribution in [2.75, 3.05) is 0 Å². The average Bonchev–Trinajstić information content (AvgIpc) is 3.01. The van der Waals surface area contributed by atoms with Crippen LogP contribution in [0.2, 0.25) is 0 Å². The van der Waals surface area contributed by atoms with Crippen molar-refractivity contribution in [3.05, 3.63) is 36.8 Å². The van der Waals surface area contributed by atoms with Gasteiger partial charge in [-0.25, -0.2) is 4.68 Å². The quantitative estimate of drug-likeness (QED) is 0.697. The van der Waals surface area contributed by atoms with Crippen LogP contribution in [0.15, 0.2) is 46.9 Å². The molecule has 1 radical (unpaired) electrons. The summed E-state index contributed by atoms with van der Waals surface area (Å²) in [6, 6.07) is 5.73. The highest BCUT2D eigenvalue weighted by atomic mass is 15.5. The van der Waals surface area contributed by atoms with Gasteiger partial charge in [0.25, 0.3) is 5.96 Å². The molecule has 1 aliphatic heterocycles. The lowest BCUT2D eigenvalue weighted by Gasteiger charge is -1.94. The minimum Gasteiger partial charge on any atom is -0.256 e. The molecule has 0 atom stereocenters. The highest BCUT2D eigenvalue weighted by Gasteiger charge is 2.08. The van der Waals surface area contributed by atoms with E-state index in [0.717, 1.165) is 11.3 Å². The van der Waals surface area contributed by atoms with Crippen molar-refractivity contribution >= 4 is 12.3 Å². The Kier molecular flexibility index (Phi) is 1.96. The van der Waals surface area contributed by atoms with Gasteiger partial charge in [-0.15, -0.1) is 10.5 Å². The molecular formula is C10H7N6. The summed E-state index contributed by atoms with van der Waals surface area (Å²) in [6.07, 6.45) is 6.67. The predicted molar refractivity (Wildman–Crippen MR) is 58.9 cm³/mol. The van der Waals surface area contributed by atoms with Crippen LogP contribution in [0.5, 0.6) is 0 Å². The van der Waals surface area contributed by atoms with E-state index in [2.05, 4.69) is 25.6 Å². The van der Waals surface area contributed by atoms with Crippen LogP contribution in [-0.4, -0.2) is 27.1 Å². The van der Waals surface area contributed by atoms with Crippen LogP contribution in [0.3, 0.4) is 0 Å². The van der Waals surface area contributed by atoms with Gasteiger partial charge >= 0.3 is 0 Å². The Labute approximate surface area is 91.4 Å². The van der Waals surface area contributed by atoms with E-state index < -0.39 is 0 Å². The number of hydrogen-bond donors (Lipinski definition) is 0. The van der Waals surface area contributed by atoms with Crippen molar-refractivity contribution in [1.29, 1.82) is 0 Å². The summed E-state index contributed by atoms with van der Waals surface area (Å²) in [5.41, 5.74) is 5.43. The lowest BCUT2D eigenvalue weighted by molar-refractivity contribution is 0.905. The molecule has 6 heteroatoms. The van der Waals surface area contributed by atoms with Crippen molar-refractivity contribution in [3.63, 3.8) is 0 Å². The van der Waals surface area contributed by atoms with Crippen molar-refractivity contribution in [1.82, 2.24) is 20.2 Å². The van der Waals surface area contributed by atoms with Crippen molar-refractivity contribution in [2.24, 2.45) is 10.1 Å². The number of aliphatic imine (C=N–C) groups is 1. The smallest absolute Gasteiger partial charge is 0.256 e. The lowest BCUT2D eigenvalue weighted by atomic mass is 10.2. The van der Waals surface area contributed by atoms with Gasteiger partial charge in [0.15, 0.2) is 0 Å². The molecule has 0 aromatic carbocycles. The molecule has 0 fully saturated rings. The van der Waals surface area contributed by atoms with Gasteiger partial charge in [-0.1, -0.05) is 6.07 Å². The molecule has 1 aliphatic rings. The third-order valence-corrected chi connectivity index (χ3v) is 2.12. The summed E-state index contributed by atoms with van der Waals surface area (Å²) >= 11 is 0. The summed E-state index contributed by atoms with van der Waals surface area (Å²) < 4.78 is 1.57. The van der Waals surface area contributed by atoms with Gasteiger partial charge in [-0.2, -0.15) is 10.1 Å². The van der Waals surface area contributed by atoms with Crippen molar-refractivity contribution in [3.8, 4) is 11.3 Å². The molecule has 2 aromatic heterocycles. The second-order valence-corrected chi connectivity index (χ2v) is 3.15. The van der Waals surface area contributed by atoms with Crippen LogP contribution in [0.1, 0.15) is 0 Å². The molecule has 0 amide bonds. The second-order valence-electron chi connectivity index (χ2n) is 3.15. The Hall–Kier alpha value is -2.50. The number of rotatable bonds is 1. The fourth-order valence-electron chi connectivity index (χ4n) is 1.38. The van der Waals surface area contributed by atoms with E-state index in [0.29, 0.717) is 5.96 Å². The molecule has 2 aromatic rings. The fraction of sp³-hybridized carbons (Fsp3) is 0. The Bertz CT molecular complexity index is 554. The highest BCUT2D eigenvalue weighted by molar-refractivity contribution is 5.92. The van der Waals surface area contributed by atoms with Crippen molar-refractivity contribution in [2.45, 2.75) is 0 Å². The first-order valence-corrected chi connectivity index (χ1v) is 4.70. The van der Waals surface area contributed by atoms with E-state index in [-0.39, 0.29) is 0 Å². The number of nitrogens with zero attached hydrogens (tertiary/aromatic N) is 6. The Morgan fingerprint density at radius 3 is 2.94 bits per heavy atom. The minimum absolute atomic E-state index is 0.460. The van der Waals surface area contributed by atoms with Crippen LogP contribution in [0, 0.1) is 0 Å². The Morgan fingerprint density at radius 1 is 1.19 bits per heavy atom. The molecule has 0 bridgehead atoms. The van der Waals surface area contributed by atoms with E-state index in [1.807, 2.05) is 24.4 Å². The van der Waals surface area contributed by atoms with Crippen LogP contribution in [-0.2, 0) is 0 Å². The number of aromatic nitrogens is 3. The Balaban J connectivity index is 1.97. The zero-order valence-corrected chi connectivity index (χ0v) is 8.22. The summed E-state index contributed by atoms with van der Waals surface area (Å²) in [4.78, 5) is 8.19. The van der Waals surface area contributed by atoms with Crippen LogP contribution >= 0.6 is 0 Å². The fourth-order valence-corrected chi connectivity index (χ4v) is 1.38. The molecular weight excluding hydrogens is 204 g/mol. The van der Waals surface area contributed by atoms with Crippen LogP contribution in [0.4, 0.5) is 0 Å². The van der Waals surface area contributed by atoms with E-state index in [4.69, 9.17) is 0 Å². The monoisotopic (exact) mass is 211 g/mol. The second kappa shape index (κ2) is 3.58. The summed E-state index contributed by atoms with van der Waals surface area (Å²) in [6.45, 7) is 0. The highest BCUT2D eigenvalue weighted by Crippen LogP contribution is 2.14. The predicted octanol–water partition coefficient (Wildman–Crippen LogP) is 0.710. The van der Waals surface area contributed by atoms with Gasteiger partial charge in [0.05, 0.1) is 11.9 Å². The van der Waals surface area contributed by atoms with Gasteiger partial charge in [0.2, 0.25) is 0 Å². The van der Waals surface area contributed by atoms with Gasteiger partial charge < -0.3 is 0 Å². The zero-order chi connectivity index (χ0) is 10.8. The first-order valence-electron chi connectivity index (χ1n) is 4.70. The zero-order valence-electron chi connectivity index (χ0n) is 8.22. The lowest BCUT2D eigenvalue weighted by Crippen LogP contribution is -2.07. The van der Waals surface area contributed by atoms with E-state index in [9.17, 15) is 0 Å². The van der Waals surface area contributed by atoms with Crippen molar-refractivity contribution < 1.29 is 0 Å². The van der Waals surface area contributed by atoms with Crippen LogP contribution in [0.25, 0.3) is 11.3 Å². The summed E-state index contributed by atoms with van der Waals surface area (Å²) in [5, 5.41) is 7.96. The maximum Gasteiger partial charge on any atom is 0.271 e. The minimum atomic E-state index is 0.460. The molecule has 6 nitrogen and oxygen atoms in total. The van der Waals surface area contributed by atoms with E-state index in [1.54, 1.807) is 17.1 Å². The third kappa shape index (κ3) is 1.46. The van der Waals surface area contributed by atoms with Gasteiger partial charge in [0.1, 0.15) is 6.34 Å². The normalized spacial score (nSPS) is 13.6. The number of hydrogen-bond acceptors (Lipinski definition) is 4. The molecule has 77 valence electrons. The maximum atomic E-state index is 4.23. The average molecular weight is 211 g/mol. The number of pyridine rings is 1. The van der Waals surface area contributed by atoms with Crippen LogP contribution < -0.4 is 5.43 Å². The molecule has 16 heavy (non-hydrogen) atoms. The first kappa shape index (κ1) is 8.78. The summed E-state index contributed by atoms with van der Waals surface area (Å²) in [7, 11) is 0. The van der Waals surface area contributed by atoms with Gasteiger partial charge in [-0.3, -0.25) is 4.98 Å². The van der Waals surface area contributed by atoms with E-state index >= 15 is 0 Å². The molecule has 0 aliphatic carbocycles. The first-order chi connectivity index (χ1) is 7.93.